The second-order valence-electron chi connectivity index (χ2n) is 29.4. The number of fused-ring (bicyclic) bond motifs is 4. The molecule has 0 unspecified atom stereocenters. The molecule has 0 aliphatic carbocycles. The SMILES string of the molecule is CCOc1cc([C@@H](CS(C)(=O)=O)N2C(=O)c3cccc(NC(C)=O)c3C2=O)ccc1OC.CCOc1cc([C@@H](CS(C)(=O)=O)N2C(=O)c3cccc(NC(C)=O)c3C2=O)ccc1OC.CCOc1cc([C@@H](CS(C)(=O)=O)N2C(=O)c3cccc(NC(C)=O)c3C2=O)ccc1OC.CCOc1cc([C@@H](CS(C)(=O)=O)N2C(=O)c3cccc(NC(C)=O)c3C2=O)ccc1OC. The number of carbonyl (C=O) groups excluding carboxylic acids is 12. The van der Waals surface area contributed by atoms with Gasteiger partial charge in [0.25, 0.3) is 47.3 Å². The molecule has 0 bridgehead atoms. The number of ether oxygens (including phenoxy) is 8. The van der Waals surface area contributed by atoms with Crippen LogP contribution >= 0.6 is 0 Å². The molecule has 0 fully saturated rings. The summed E-state index contributed by atoms with van der Waals surface area (Å²) < 4.78 is 141. The number of hydrogen-bond donors (Lipinski definition) is 4. The van der Waals surface area contributed by atoms with Crippen LogP contribution in [0.25, 0.3) is 0 Å². The molecule has 4 atom stereocenters. The van der Waals surface area contributed by atoms with Gasteiger partial charge in [-0.15, -0.1) is 0 Å². The fraction of sp³-hybridized carbons (Fsp3) is 0.318. The molecule has 4 aliphatic heterocycles. The average molecular weight is 1840 g/mol. The highest BCUT2D eigenvalue weighted by atomic mass is 32.2. The fourth-order valence-corrected chi connectivity index (χ4v) is 18.3. The number of rotatable bonds is 32. The normalized spacial score (nSPS) is 14.2. The molecule has 680 valence electrons. The zero-order valence-corrected chi connectivity index (χ0v) is 75.9. The van der Waals surface area contributed by atoms with Crippen molar-refractivity contribution in [1.82, 2.24) is 19.6 Å². The number of benzene rings is 8. The molecule has 36 nitrogen and oxygen atoms in total. The number of nitrogens with one attached hydrogen (secondary N) is 4. The summed E-state index contributed by atoms with van der Waals surface area (Å²) in [6, 6.07) is 32.7. The second kappa shape index (κ2) is 41.2. The van der Waals surface area contributed by atoms with E-state index in [0.29, 0.717) is 94.7 Å². The molecule has 12 rings (SSSR count). The number of imide groups is 4. The molecule has 0 radical (unpaired) electrons. The zero-order chi connectivity index (χ0) is 94.5. The van der Waals surface area contributed by atoms with Crippen LogP contribution in [-0.2, 0) is 58.5 Å². The Hall–Kier alpha value is -13.6. The molecule has 0 saturated carbocycles. The van der Waals surface area contributed by atoms with E-state index in [-0.39, 0.29) is 67.3 Å². The van der Waals surface area contributed by atoms with E-state index in [9.17, 15) is 91.2 Å². The summed E-state index contributed by atoms with van der Waals surface area (Å²) >= 11 is 0. The lowest BCUT2D eigenvalue weighted by Gasteiger charge is -2.27. The zero-order valence-electron chi connectivity index (χ0n) is 72.7. The minimum Gasteiger partial charge on any atom is -0.493 e. The number of amides is 12. The second-order valence-corrected chi connectivity index (χ2v) is 38.1. The van der Waals surface area contributed by atoms with Crippen molar-refractivity contribution >= 4 is 133 Å². The maximum Gasteiger partial charge on any atom is 0.264 e. The van der Waals surface area contributed by atoms with Gasteiger partial charge in [0.2, 0.25) is 23.6 Å². The molecule has 0 saturated heterocycles. The van der Waals surface area contributed by atoms with Crippen LogP contribution in [0.3, 0.4) is 0 Å². The molecule has 4 N–H and O–H groups in total. The van der Waals surface area contributed by atoms with Crippen molar-refractivity contribution in [2.75, 3.05) is 124 Å². The van der Waals surface area contributed by atoms with Gasteiger partial charge in [0.1, 0.15) is 39.3 Å². The summed E-state index contributed by atoms with van der Waals surface area (Å²) in [5, 5.41) is 10.2. The summed E-state index contributed by atoms with van der Waals surface area (Å²) in [4.78, 5) is 156. The van der Waals surface area contributed by atoms with Crippen LogP contribution in [0.2, 0.25) is 0 Å². The van der Waals surface area contributed by atoms with Crippen molar-refractivity contribution in [2.24, 2.45) is 0 Å². The van der Waals surface area contributed by atoms with Crippen LogP contribution in [0.1, 0.15) is 185 Å². The molecule has 40 heteroatoms. The first-order valence-corrected chi connectivity index (χ1v) is 47.6. The highest BCUT2D eigenvalue weighted by Crippen LogP contribution is 2.45. The quantitative estimate of drug-likeness (QED) is 0.0285. The van der Waals surface area contributed by atoms with E-state index in [1.54, 1.807) is 125 Å². The number of methoxy groups -OCH3 is 4. The average Bonchev–Trinajstić information content (AvgIpc) is 1.61. The summed E-state index contributed by atoms with van der Waals surface area (Å²) in [7, 11) is -8.52. The Labute approximate surface area is 739 Å². The highest BCUT2D eigenvalue weighted by molar-refractivity contribution is 7.91. The van der Waals surface area contributed by atoms with E-state index >= 15 is 0 Å². The first-order chi connectivity index (χ1) is 60.3. The molecule has 4 aliphatic rings. The molecule has 8 aromatic rings. The number of nitrogens with zero attached hydrogens (tertiary/aromatic N) is 4. The summed E-state index contributed by atoms with van der Waals surface area (Å²) in [6.45, 7) is 13.6. The smallest absolute Gasteiger partial charge is 0.264 e. The maximum absolute atomic E-state index is 13.3. The van der Waals surface area contributed by atoms with Crippen LogP contribution in [0.15, 0.2) is 146 Å². The Morgan fingerprint density at radius 2 is 0.461 bits per heavy atom. The summed E-state index contributed by atoms with van der Waals surface area (Å²) in [6.07, 6.45) is 4.14. The van der Waals surface area contributed by atoms with Gasteiger partial charge < -0.3 is 59.2 Å². The van der Waals surface area contributed by atoms with E-state index in [2.05, 4.69) is 21.3 Å². The van der Waals surface area contributed by atoms with E-state index in [4.69, 9.17) is 37.9 Å². The monoisotopic (exact) mass is 1840 g/mol. The highest BCUT2D eigenvalue weighted by Gasteiger charge is 2.48. The van der Waals surface area contributed by atoms with E-state index in [1.165, 1.54) is 105 Å². The van der Waals surface area contributed by atoms with Gasteiger partial charge in [0.15, 0.2) is 46.0 Å². The van der Waals surface area contributed by atoms with Crippen molar-refractivity contribution in [3.63, 3.8) is 0 Å². The van der Waals surface area contributed by atoms with Gasteiger partial charge >= 0.3 is 0 Å². The van der Waals surface area contributed by atoms with Crippen molar-refractivity contribution in [3.8, 4) is 46.0 Å². The molecule has 0 spiro atoms. The molecule has 0 aromatic heterocycles. The number of sulfone groups is 4. The van der Waals surface area contributed by atoms with Gasteiger partial charge in [-0.1, -0.05) is 48.5 Å². The number of hydrogen-bond acceptors (Lipinski definition) is 28. The van der Waals surface area contributed by atoms with Crippen LogP contribution < -0.4 is 59.2 Å². The lowest BCUT2D eigenvalue weighted by Crippen LogP contribution is -2.37. The molecular formula is C88H96N8O28S4. The van der Waals surface area contributed by atoms with E-state index < -0.39 is 157 Å². The third-order valence-electron chi connectivity index (χ3n) is 19.6. The van der Waals surface area contributed by atoms with Crippen molar-refractivity contribution in [2.45, 2.75) is 79.6 Å². The van der Waals surface area contributed by atoms with Crippen LogP contribution in [0.5, 0.6) is 46.0 Å². The predicted octanol–water partition coefficient (Wildman–Crippen LogP) is 9.74. The Balaban J connectivity index is 0.000000193. The number of anilines is 4. The molecule has 4 heterocycles. The minimum atomic E-state index is -3.60. The first kappa shape index (κ1) is 98.2. The van der Waals surface area contributed by atoms with E-state index in [1.807, 2.05) is 0 Å². The summed E-state index contributed by atoms with van der Waals surface area (Å²) in [5.74, 6) is -5.63. The maximum atomic E-state index is 13.3. The fourth-order valence-electron chi connectivity index (χ4n) is 14.6. The molecule has 12 amide bonds. The third kappa shape index (κ3) is 23.0. The first-order valence-electron chi connectivity index (χ1n) is 39.4. The molecule has 128 heavy (non-hydrogen) atoms. The Morgan fingerprint density at radius 1 is 0.281 bits per heavy atom. The third-order valence-corrected chi connectivity index (χ3v) is 23.3. The molecular weight excluding hydrogens is 1750 g/mol. The van der Waals surface area contributed by atoms with Gasteiger partial charge in [-0.25, -0.2) is 33.7 Å². The van der Waals surface area contributed by atoms with Crippen molar-refractivity contribution in [3.05, 3.63) is 212 Å². The van der Waals surface area contributed by atoms with Crippen LogP contribution in [0.4, 0.5) is 22.7 Å². The van der Waals surface area contributed by atoms with Gasteiger partial charge in [0.05, 0.1) is 169 Å². The van der Waals surface area contributed by atoms with Gasteiger partial charge in [-0.3, -0.25) is 77.1 Å². The lowest BCUT2D eigenvalue weighted by atomic mass is 10.1. The van der Waals surface area contributed by atoms with Gasteiger partial charge in [0, 0.05) is 52.7 Å². The Bertz CT molecular complexity index is 5510. The van der Waals surface area contributed by atoms with Gasteiger partial charge in [-0.2, -0.15) is 0 Å². The van der Waals surface area contributed by atoms with E-state index in [0.717, 1.165) is 44.6 Å². The van der Waals surface area contributed by atoms with Crippen molar-refractivity contribution < 1.29 is 129 Å². The van der Waals surface area contributed by atoms with Crippen LogP contribution in [0, 0.1) is 0 Å². The lowest BCUT2D eigenvalue weighted by molar-refractivity contribution is -0.115. The summed E-state index contributed by atoms with van der Waals surface area (Å²) in [5.41, 5.74) is 2.88. The van der Waals surface area contributed by atoms with Gasteiger partial charge in [-0.05, 0) is 147 Å². The minimum absolute atomic E-state index is 0.0322. The number of carbonyl (C=O) groups is 12. The molecule has 8 aromatic carbocycles. The largest absolute Gasteiger partial charge is 0.493 e. The van der Waals surface area contributed by atoms with Crippen LogP contribution in [-0.4, -0.2) is 227 Å². The Kier molecular flexibility index (Phi) is 31.6. The van der Waals surface area contributed by atoms with Crippen molar-refractivity contribution in [1.29, 1.82) is 0 Å². The topological polar surface area (TPSA) is 476 Å². The standard InChI is InChI=1S/4C22H24N2O7S/c4*1-5-31-19-11-14(9-10-18(19)30-3)17(12-32(4,28)29)24-21(26)15-7-6-8-16(23-13(2)25)20(15)22(24)27/h4*6-11,17H,5,12H2,1-4H3,(H,23,25)/t4*17-/m1111/s1. The predicted molar refractivity (Wildman–Crippen MR) is 471 cm³/mol. The Morgan fingerprint density at radius 3 is 0.609 bits per heavy atom.